The largest absolute Gasteiger partial charge is 0.391 e. The number of nitrogens with two attached hydrogens (primary N) is 1. The van der Waals surface area contributed by atoms with Crippen LogP contribution in [0, 0.1) is 12.8 Å². The van der Waals surface area contributed by atoms with Crippen molar-refractivity contribution in [1.29, 1.82) is 0 Å². The Kier molecular flexibility index (Phi) is 4.63. The second-order valence-electron chi connectivity index (χ2n) is 6.05. The van der Waals surface area contributed by atoms with Gasteiger partial charge in [0.05, 0.1) is 17.5 Å². The lowest BCUT2D eigenvalue weighted by atomic mass is 10.0. The number of β-amino-alcohol motifs (C(OH)–C–C–N with tert-alkyl or cyclic N) is 1. The molecule has 0 unspecified atom stereocenters. The Hall–Kier alpha value is -1.93. The third-order valence-electron chi connectivity index (χ3n) is 4.15. The van der Waals surface area contributed by atoms with E-state index >= 15 is 0 Å². The van der Waals surface area contributed by atoms with Crippen molar-refractivity contribution in [2.24, 2.45) is 5.92 Å². The maximum absolute atomic E-state index is 12.3. The molecule has 1 fully saturated rings. The molecule has 3 heterocycles. The zero-order chi connectivity index (χ0) is 16.4. The Labute approximate surface area is 138 Å². The lowest BCUT2D eigenvalue weighted by molar-refractivity contribution is -0.130. The number of aromatic amines is 1. The van der Waals surface area contributed by atoms with Gasteiger partial charge in [-0.3, -0.25) is 9.89 Å². The predicted molar refractivity (Wildman–Crippen MR) is 88.0 cm³/mol. The number of amides is 1. The minimum atomic E-state index is -0.495. The molecule has 2 atom stereocenters. The SMILES string of the molecule is Cc1cc(C[C@@H]2CN(C(=O)CCc3csc(N)n3)C[C@@H]2O)n[nH]1. The number of nitrogens with one attached hydrogen (secondary N) is 1. The summed E-state index contributed by atoms with van der Waals surface area (Å²) in [6.07, 6.45) is 1.16. The van der Waals surface area contributed by atoms with Crippen molar-refractivity contribution < 1.29 is 9.90 Å². The fraction of sp³-hybridized carbons (Fsp3) is 0.533. The smallest absolute Gasteiger partial charge is 0.223 e. The Bertz CT molecular complexity index is 683. The maximum Gasteiger partial charge on any atom is 0.223 e. The fourth-order valence-electron chi connectivity index (χ4n) is 2.94. The summed E-state index contributed by atoms with van der Waals surface area (Å²) in [6, 6.07) is 1.98. The van der Waals surface area contributed by atoms with Crippen LogP contribution < -0.4 is 5.73 Å². The van der Waals surface area contributed by atoms with Gasteiger partial charge in [0.15, 0.2) is 5.13 Å². The first-order valence-corrected chi connectivity index (χ1v) is 8.56. The summed E-state index contributed by atoms with van der Waals surface area (Å²) in [6.45, 7) is 2.92. The van der Waals surface area contributed by atoms with Crippen LogP contribution in [0.4, 0.5) is 5.13 Å². The molecule has 124 valence electrons. The molecule has 8 heteroatoms. The van der Waals surface area contributed by atoms with Crippen LogP contribution >= 0.6 is 11.3 Å². The summed E-state index contributed by atoms with van der Waals surface area (Å²) in [5.41, 5.74) is 8.37. The highest BCUT2D eigenvalue weighted by molar-refractivity contribution is 7.13. The Morgan fingerprint density at radius 2 is 2.35 bits per heavy atom. The highest BCUT2D eigenvalue weighted by atomic mass is 32.1. The van der Waals surface area contributed by atoms with Crippen LogP contribution in [0.15, 0.2) is 11.4 Å². The predicted octanol–water partition coefficient (Wildman–Crippen LogP) is 0.751. The van der Waals surface area contributed by atoms with E-state index in [0.717, 1.165) is 17.1 Å². The van der Waals surface area contributed by atoms with Crippen molar-refractivity contribution in [3.63, 3.8) is 0 Å². The number of rotatable bonds is 5. The fourth-order valence-corrected chi connectivity index (χ4v) is 3.53. The molecule has 0 aromatic carbocycles. The number of aliphatic hydroxyl groups is 1. The van der Waals surface area contributed by atoms with Crippen LogP contribution in [0.2, 0.25) is 0 Å². The molecule has 1 aliphatic heterocycles. The maximum atomic E-state index is 12.3. The van der Waals surface area contributed by atoms with Crippen LogP contribution in [0.5, 0.6) is 0 Å². The number of likely N-dealkylation sites (tertiary alicyclic amines) is 1. The number of thiazole rings is 1. The second-order valence-corrected chi connectivity index (χ2v) is 6.94. The van der Waals surface area contributed by atoms with Crippen LogP contribution in [-0.2, 0) is 17.6 Å². The first-order valence-electron chi connectivity index (χ1n) is 7.68. The molecule has 7 nitrogen and oxygen atoms in total. The number of H-pyrrole nitrogens is 1. The molecular formula is C15H21N5O2S. The number of aryl methyl sites for hydroxylation is 2. The Balaban J connectivity index is 1.51. The van der Waals surface area contributed by atoms with Gasteiger partial charge in [-0.25, -0.2) is 4.98 Å². The van der Waals surface area contributed by atoms with Crippen LogP contribution in [0.3, 0.4) is 0 Å². The van der Waals surface area contributed by atoms with Crippen LogP contribution in [0.25, 0.3) is 0 Å². The molecule has 23 heavy (non-hydrogen) atoms. The monoisotopic (exact) mass is 335 g/mol. The van der Waals surface area contributed by atoms with E-state index in [9.17, 15) is 9.90 Å². The van der Waals surface area contributed by atoms with Crippen molar-refractivity contribution in [3.05, 3.63) is 28.5 Å². The summed E-state index contributed by atoms with van der Waals surface area (Å²) in [5.74, 6) is 0.0906. The van der Waals surface area contributed by atoms with E-state index < -0.39 is 6.10 Å². The van der Waals surface area contributed by atoms with E-state index in [1.165, 1.54) is 11.3 Å². The molecule has 4 N–H and O–H groups in total. The standard InChI is InChI=1S/C15H21N5O2S/c1-9-4-12(19-18-9)5-10-6-20(7-13(10)21)14(22)3-2-11-8-23-15(16)17-11/h4,8,10,13,21H,2-3,5-7H2,1H3,(H2,16,17)(H,18,19)/t10-,13+/m1/s1. The van der Waals surface area contributed by atoms with Crippen molar-refractivity contribution in [3.8, 4) is 0 Å². The van der Waals surface area contributed by atoms with Gasteiger partial charge in [0.2, 0.25) is 5.91 Å². The van der Waals surface area contributed by atoms with Gasteiger partial charge in [0, 0.05) is 36.5 Å². The van der Waals surface area contributed by atoms with Gasteiger partial charge >= 0.3 is 0 Å². The summed E-state index contributed by atoms with van der Waals surface area (Å²) in [7, 11) is 0. The van der Waals surface area contributed by atoms with Gasteiger partial charge in [-0.15, -0.1) is 11.3 Å². The minimum absolute atomic E-state index is 0.0385. The zero-order valence-corrected chi connectivity index (χ0v) is 13.8. The van der Waals surface area contributed by atoms with E-state index in [2.05, 4.69) is 15.2 Å². The first-order chi connectivity index (χ1) is 11.0. The van der Waals surface area contributed by atoms with E-state index in [0.29, 0.717) is 37.5 Å². The van der Waals surface area contributed by atoms with E-state index in [1.54, 1.807) is 4.90 Å². The number of aliphatic hydroxyl groups excluding tert-OH is 1. The highest BCUT2D eigenvalue weighted by Crippen LogP contribution is 2.22. The topological polar surface area (TPSA) is 108 Å². The molecule has 0 radical (unpaired) electrons. The quantitative estimate of drug-likeness (QED) is 0.747. The first kappa shape index (κ1) is 15.9. The number of nitrogens with zero attached hydrogens (tertiary/aromatic N) is 3. The second kappa shape index (κ2) is 6.67. The normalized spacial score (nSPS) is 21.0. The summed E-state index contributed by atoms with van der Waals surface area (Å²) >= 11 is 1.38. The van der Waals surface area contributed by atoms with Crippen LogP contribution in [-0.4, -0.2) is 50.3 Å². The van der Waals surface area contributed by atoms with E-state index in [4.69, 9.17) is 5.73 Å². The number of carbonyl (C=O) groups is 1. The van der Waals surface area contributed by atoms with Gasteiger partial charge in [0.1, 0.15) is 0 Å². The highest BCUT2D eigenvalue weighted by Gasteiger charge is 2.34. The van der Waals surface area contributed by atoms with Gasteiger partial charge in [-0.05, 0) is 25.8 Å². The molecule has 1 aliphatic rings. The van der Waals surface area contributed by atoms with Crippen molar-refractivity contribution >= 4 is 22.4 Å². The number of hydrogen-bond donors (Lipinski definition) is 3. The Morgan fingerprint density at radius 1 is 1.52 bits per heavy atom. The lowest BCUT2D eigenvalue weighted by Gasteiger charge is -2.15. The molecule has 2 aromatic heterocycles. The molecule has 0 bridgehead atoms. The van der Waals surface area contributed by atoms with Gasteiger partial charge in [-0.2, -0.15) is 5.10 Å². The Morgan fingerprint density at radius 3 is 3.00 bits per heavy atom. The molecule has 2 aromatic rings. The zero-order valence-electron chi connectivity index (χ0n) is 13.0. The molecular weight excluding hydrogens is 314 g/mol. The summed E-state index contributed by atoms with van der Waals surface area (Å²) < 4.78 is 0. The average Bonchev–Trinajstić information content (AvgIpc) is 3.20. The molecule has 1 saturated heterocycles. The van der Waals surface area contributed by atoms with Gasteiger partial charge in [0.25, 0.3) is 0 Å². The lowest BCUT2D eigenvalue weighted by Crippen LogP contribution is -2.29. The number of anilines is 1. The molecule has 1 amide bonds. The number of aromatic nitrogens is 3. The minimum Gasteiger partial charge on any atom is -0.391 e. The van der Waals surface area contributed by atoms with Gasteiger partial charge < -0.3 is 15.7 Å². The molecule has 0 saturated carbocycles. The van der Waals surface area contributed by atoms with Crippen molar-refractivity contribution in [2.45, 2.75) is 32.3 Å². The van der Waals surface area contributed by atoms with Crippen LogP contribution in [0.1, 0.15) is 23.5 Å². The van der Waals surface area contributed by atoms with Gasteiger partial charge in [-0.1, -0.05) is 0 Å². The number of hydrogen-bond acceptors (Lipinski definition) is 6. The van der Waals surface area contributed by atoms with E-state index in [-0.39, 0.29) is 11.8 Å². The molecule has 0 aliphatic carbocycles. The summed E-state index contributed by atoms with van der Waals surface area (Å²) in [4.78, 5) is 18.2. The number of carbonyl (C=O) groups excluding carboxylic acids is 1. The van der Waals surface area contributed by atoms with Crippen molar-refractivity contribution in [2.75, 3.05) is 18.8 Å². The molecule has 0 spiro atoms. The number of nitrogen functional groups attached to an aromatic ring is 1. The third-order valence-corrected chi connectivity index (χ3v) is 4.88. The molecule has 3 rings (SSSR count). The average molecular weight is 335 g/mol. The van der Waals surface area contributed by atoms with E-state index in [1.807, 2.05) is 18.4 Å². The summed E-state index contributed by atoms with van der Waals surface area (Å²) in [5, 5.41) is 19.7. The van der Waals surface area contributed by atoms with Crippen molar-refractivity contribution in [1.82, 2.24) is 20.1 Å². The third kappa shape index (κ3) is 3.89.